The number of hydrogen-bond donors (Lipinski definition) is 2. The number of nitrogens with one attached hydrogen (secondary N) is 2. The van der Waals surface area contributed by atoms with Crippen LogP contribution in [-0.2, 0) is 11.3 Å². The predicted octanol–water partition coefficient (Wildman–Crippen LogP) is 3.24. The number of ketones is 1. The van der Waals surface area contributed by atoms with Gasteiger partial charge in [0, 0.05) is 16.8 Å². The first-order chi connectivity index (χ1) is 11.8. The molecular weight excluding hydrogens is 359 g/mol. The molecule has 1 amide bonds. The number of rotatable bonds is 6. The Morgan fingerprint density at radius 3 is 2.52 bits per heavy atom. The lowest BCUT2D eigenvalue weighted by molar-refractivity contribution is -0.907. The van der Waals surface area contributed by atoms with E-state index in [2.05, 4.69) is 5.32 Å². The molecule has 0 spiro atoms. The standard InChI is InChI=1S/C19H20Cl2N2O2/c1-12(23(3)11-15-7-5-9-17(20)18(15)21)19(25)22-16-8-4-6-14(10-16)13(2)24/h4-10,12H,11H2,1-3H3,(H,22,25)/p+1/t12-/m0/s1. The number of carbonyl (C=O) groups is 2. The van der Waals surface area contributed by atoms with Gasteiger partial charge in [-0.3, -0.25) is 9.59 Å². The zero-order chi connectivity index (χ0) is 18.6. The molecule has 0 aliphatic carbocycles. The molecule has 2 aromatic carbocycles. The van der Waals surface area contributed by atoms with Gasteiger partial charge in [0.1, 0.15) is 6.54 Å². The summed E-state index contributed by atoms with van der Waals surface area (Å²) in [6.07, 6.45) is 0. The van der Waals surface area contributed by atoms with E-state index in [1.165, 1.54) is 6.92 Å². The third-order valence-corrected chi connectivity index (χ3v) is 5.03. The summed E-state index contributed by atoms with van der Waals surface area (Å²) in [5.74, 6) is -0.168. The zero-order valence-electron chi connectivity index (χ0n) is 14.4. The van der Waals surface area contributed by atoms with E-state index in [0.717, 1.165) is 10.5 Å². The van der Waals surface area contributed by atoms with Gasteiger partial charge in [-0.25, -0.2) is 0 Å². The van der Waals surface area contributed by atoms with Crippen LogP contribution < -0.4 is 10.2 Å². The second kappa shape index (κ2) is 8.48. The number of likely N-dealkylation sites (N-methyl/N-ethyl adjacent to an activating group) is 1. The van der Waals surface area contributed by atoms with E-state index < -0.39 is 0 Å². The summed E-state index contributed by atoms with van der Waals surface area (Å²) in [4.78, 5) is 24.9. The van der Waals surface area contributed by atoms with Crippen molar-refractivity contribution in [3.63, 3.8) is 0 Å². The SMILES string of the molecule is CC(=O)c1cccc(NC(=O)[C@H](C)[NH+](C)Cc2cccc(Cl)c2Cl)c1. The second-order valence-electron chi connectivity index (χ2n) is 6.08. The molecule has 2 atom stereocenters. The highest BCUT2D eigenvalue weighted by atomic mass is 35.5. The summed E-state index contributed by atoms with van der Waals surface area (Å²) in [6.45, 7) is 3.91. The van der Waals surface area contributed by atoms with E-state index >= 15 is 0 Å². The summed E-state index contributed by atoms with van der Waals surface area (Å²) >= 11 is 12.3. The number of Topliss-reactive ketones (excluding diaryl/α,β-unsaturated/α-hetero) is 1. The molecular formula is C19H21Cl2N2O2+. The molecule has 0 aliphatic rings. The number of quaternary nitrogens is 1. The van der Waals surface area contributed by atoms with Crippen LogP contribution in [0.2, 0.25) is 10.0 Å². The summed E-state index contributed by atoms with van der Waals surface area (Å²) in [5.41, 5.74) is 2.07. The van der Waals surface area contributed by atoms with Crippen molar-refractivity contribution in [3.05, 3.63) is 63.6 Å². The molecule has 2 aromatic rings. The van der Waals surface area contributed by atoms with E-state index in [1.807, 2.05) is 26.1 Å². The third-order valence-electron chi connectivity index (χ3n) is 4.17. The first-order valence-electron chi connectivity index (χ1n) is 7.96. The summed E-state index contributed by atoms with van der Waals surface area (Å²) in [7, 11) is 1.92. The molecule has 0 radical (unpaired) electrons. The van der Waals surface area contributed by atoms with Crippen LogP contribution in [0.1, 0.15) is 29.8 Å². The topological polar surface area (TPSA) is 50.6 Å². The Balaban J connectivity index is 2.05. The quantitative estimate of drug-likeness (QED) is 0.756. The normalized spacial score (nSPS) is 13.2. The van der Waals surface area contributed by atoms with Crippen LogP contribution in [0, 0.1) is 0 Å². The van der Waals surface area contributed by atoms with Crippen molar-refractivity contribution in [2.45, 2.75) is 26.4 Å². The maximum absolute atomic E-state index is 12.5. The van der Waals surface area contributed by atoms with Gasteiger partial charge in [0.2, 0.25) is 0 Å². The molecule has 0 aromatic heterocycles. The Morgan fingerprint density at radius 2 is 1.84 bits per heavy atom. The molecule has 0 aliphatic heterocycles. The molecule has 2 rings (SSSR count). The van der Waals surface area contributed by atoms with Gasteiger partial charge < -0.3 is 10.2 Å². The molecule has 0 fully saturated rings. The van der Waals surface area contributed by atoms with E-state index in [1.54, 1.807) is 30.3 Å². The Bertz CT molecular complexity index is 793. The van der Waals surface area contributed by atoms with Crippen LogP contribution in [-0.4, -0.2) is 24.8 Å². The lowest BCUT2D eigenvalue weighted by Crippen LogP contribution is -3.12. The fourth-order valence-electron chi connectivity index (χ4n) is 2.43. The monoisotopic (exact) mass is 379 g/mol. The summed E-state index contributed by atoms with van der Waals surface area (Å²) in [6, 6.07) is 12.1. The van der Waals surface area contributed by atoms with E-state index in [9.17, 15) is 9.59 Å². The van der Waals surface area contributed by atoms with Crippen molar-refractivity contribution in [2.75, 3.05) is 12.4 Å². The fourth-order valence-corrected chi connectivity index (χ4v) is 2.82. The highest BCUT2D eigenvalue weighted by Crippen LogP contribution is 2.24. The average Bonchev–Trinajstić information content (AvgIpc) is 2.58. The van der Waals surface area contributed by atoms with E-state index in [0.29, 0.717) is 27.8 Å². The molecule has 132 valence electrons. The van der Waals surface area contributed by atoms with Gasteiger partial charge in [0.05, 0.1) is 17.1 Å². The summed E-state index contributed by atoms with van der Waals surface area (Å²) in [5, 5.41) is 3.88. The van der Waals surface area contributed by atoms with Crippen molar-refractivity contribution < 1.29 is 14.5 Å². The van der Waals surface area contributed by atoms with Crippen molar-refractivity contribution in [2.24, 2.45) is 0 Å². The molecule has 0 bridgehead atoms. The Kier molecular flexibility index (Phi) is 6.59. The molecule has 1 unspecified atom stereocenters. The van der Waals surface area contributed by atoms with Gasteiger partial charge in [-0.15, -0.1) is 0 Å². The first-order valence-corrected chi connectivity index (χ1v) is 8.72. The smallest absolute Gasteiger partial charge is 0.282 e. The molecule has 0 heterocycles. The van der Waals surface area contributed by atoms with Crippen LogP contribution in [0.15, 0.2) is 42.5 Å². The van der Waals surface area contributed by atoms with E-state index in [-0.39, 0.29) is 17.7 Å². The van der Waals surface area contributed by atoms with Crippen molar-refractivity contribution in [1.29, 1.82) is 0 Å². The lowest BCUT2D eigenvalue weighted by atomic mass is 10.1. The fraction of sp³-hybridized carbons (Fsp3) is 0.263. The van der Waals surface area contributed by atoms with Crippen LogP contribution in [0.3, 0.4) is 0 Å². The van der Waals surface area contributed by atoms with Gasteiger partial charge in [-0.1, -0.05) is 47.5 Å². The minimum Gasteiger partial charge on any atom is -0.324 e. The highest BCUT2D eigenvalue weighted by molar-refractivity contribution is 6.42. The maximum atomic E-state index is 12.5. The Morgan fingerprint density at radius 1 is 1.16 bits per heavy atom. The number of halogens is 2. The predicted molar refractivity (Wildman–Crippen MR) is 102 cm³/mol. The largest absolute Gasteiger partial charge is 0.324 e. The van der Waals surface area contributed by atoms with Crippen molar-refractivity contribution >= 4 is 40.6 Å². The maximum Gasteiger partial charge on any atom is 0.282 e. The number of anilines is 1. The summed E-state index contributed by atoms with van der Waals surface area (Å²) < 4.78 is 0. The van der Waals surface area contributed by atoms with Crippen LogP contribution in [0.4, 0.5) is 5.69 Å². The van der Waals surface area contributed by atoms with Gasteiger partial charge in [0.15, 0.2) is 11.8 Å². The minimum atomic E-state index is -0.309. The molecule has 0 saturated heterocycles. The van der Waals surface area contributed by atoms with E-state index in [4.69, 9.17) is 23.2 Å². The highest BCUT2D eigenvalue weighted by Gasteiger charge is 2.23. The average molecular weight is 380 g/mol. The van der Waals surface area contributed by atoms with Crippen LogP contribution >= 0.6 is 23.2 Å². The Labute approximate surface area is 157 Å². The Hall–Kier alpha value is -1.88. The molecule has 0 saturated carbocycles. The molecule has 2 N–H and O–H groups in total. The molecule has 4 nitrogen and oxygen atoms in total. The second-order valence-corrected chi connectivity index (χ2v) is 6.87. The number of benzene rings is 2. The zero-order valence-corrected chi connectivity index (χ0v) is 15.9. The number of carbonyl (C=O) groups excluding carboxylic acids is 2. The third kappa shape index (κ3) is 5.05. The van der Waals surface area contributed by atoms with Crippen molar-refractivity contribution in [3.8, 4) is 0 Å². The first kappa shape index (κ1) is 19.4. The van der Waals surface area contributed by atoms with Gasteiger partial charge in [-0.05, 0) is 32.0 Å². The van der Waals surface area contributed by atoms with Crippen LogP contribution in [0.5, 0.6) is 0 Å². The van der Waals surface area contributed by atoms with Gasteiger partial charge >= 0.3 is 0 Å². The molecule has 25 heavy (non-hydrogen) atoms. The number of hydrogen-bond acceptors (Lipinski definition) is 2. The lowest BCUT2D eigenvalue weighted by Gasteiger charge is -2.22. The van der Waals surface area contributed by atoms with Gasteiger partial charge in [0.25, 0.3) is 5.91 Å². The van der Waals surface area contributed by atoms with Crippen molar-refractivity contribution in [1.82, 2.24) is 0 Å². The van der Waals surface area contributed by atoms with Crippen LogP contribution in [0.25, 0.3) is 0 Å². The van der Waals surface area contributed by atoms with Gasteiger partial charge in [-0.2, -0.15) is 0 Å². The number of amides is 1. The molecule has 6 heteroatoms. The minimum absolute atomic E-state index is 0.0394.